The quantitative estimate of drug-likeness (QED) is 0.849. The van der Waals surface area contributed by atoms with Gasteiger partial charge in [-0.3, -0.25) is 4.79 Å². The van der Waals surface area contributed by atoms with Gasteiger partial charge < -0.3 is 5.73 Å². The molecule has 1 aliphatic rings. The summed E-state index contributed by atoms with van der Waals surface area (Å²) in [6, 6.07) is 8.43. The number of aryl methyl sites for hydroxylation is 1. The van der Waals surface area contributed by atoms with Gasteiger partial charge in [0.15, 0.2) is 0 Å². The summed E-state index contributed by atoms with van der Waals surface area (Å²) in [6.45, 7) is 4.14. The number of primary amides is 1. The van der Waals surface area contributed by atoms with Crippen molar-refractivity contribution in [3.8, 4) is 0 Å². The molecular weight excluding hydrogens is 242 g/mol. The Bertz CT molecular complexity index is 452. The highest BCUT2D eigenvalue weighted by molar-refractivity contribution is 8.00. The van der Waals surface area contributed by atoms with Gasteiger partial charge in [-0.15, -0.1) is 11.8 Å². The number of hydrogen-bond donors (Lipinski definition) is 1. The van der Waals surface area contributed by atoms with Crippen LogP contribution in [0.5, 0.6) is 0 Å². The molecule has 2 N–H and O–H groups in total. The summed E-state index contributed by atoms with van der Waals surface area (Å²) in [5.74, 6) is -0.0167. The van der Waals surface area contributed by atoms with Crippen LogP contribution in [0.25, 0.3) is 0 Å². The van der Waals surface area contributed by atoms with Crippen molar-refractivity contribution in [1.29, 1.82) is 0 Å². The minimum Gasteiger partial charge on any atom is -0.369 e. The first kappa shape index (κ1) is 13.2. The number of thioether (sulfide) groups is 1. The van der Waals surface area contributed by atoms with Gasteiger partial charge in [-0.05, 0) is 31.4 Å². The number of rotatable bonds is 3. The lowest BCUT2D eigenvalue weighted by atomic mass is 9.84. The number of carbonyl (C=O) groups excluding carboxylic acids is 1. The molecule has 0 radical (unpaired) electrons. The lowest BCUT2D eigenvalue weighted by Gasteiger charge is -2.30. The molecule has 0 spiro atoms. The number of carbonyl (C=O) groups is 1. The minimum absolute atomic E-state index is 0.0682. The van der Waals surface area contributed by atoms with Crippen LogP contribution in [0.3, 0.4) is 0 Å². The lowest BCUT2D eigenvalue weighted by Crippen LogP contribution is -2.37. The SMILES string of the molecule is Cc1ccc(S[C@H]2CC=C[C@@H](C)[C@H]2C(N)=O)cc1. The molecule has 3 atom stereocenters. The van der Waals surface area contributed by atoms with Crippen molar-refractivity contribution in [3.05, 3.63) is 42.0 Å². The van der Waals surface area contributed by atoms with Crippen LogP contribution in [0, 0.1) is 18.8 Å². The maximum atomic E-state index is 11.6. The van der Waals surface area contributed by atoms with Gasteiger partial charge in [0.25, 0.3) is 0 Å². The summed E-state index contributed by atoms with van der Waals surface area (Å²) < 4.78 is 0. The molecule has 18 heavy (non-hydrogen) atoms. The van der Waals surface area contributed by atoms with E-state index in [1.165, 1.54) is 10.5 Å². The van der Waals surface area contributed by atoms with Crippen LogP contribution in [-0.4, -0.2) is 11.2 Å². The Kier molecular flexibility index (Phi) is 4.12. The van der Waals surface area contributed by atoms with Gasteiger partial charge in [0.05, 0.1) is 5.92 Å². The summed E-state index contributed by atoms with van der Waals surface area (Å²) in [5.41, 5.74) is 6.79. The zero-order valence-electron chi connectivity index (χ0n) is 10.8. The summed E-state index contributed by atoms with van der Waals surface area (Å²) >= 11 is 1.76. The predicted molar refractivity (Wildman–Crippen MR) is 76.4 cm³/mol. The van der Waals surface area contributed by atoms with Gasteiger partial charge in [-0.25, -0.2) is 0 Å². The minimum atomic E-state index is -0.184. The van der Waals surface area contributed by atoms with E-state index in [1.807, 2.05) is 0 Å². The molecule has 1 aromatic carbocycles. The van der Waals surface area contributed by atoms with Gasteiger partial charge in [-0.1, -0.05) is 36.8 Å². The molecule has 3 heteroatoms. The predicted octanol–water partition coefficient (Wildman–Crippen LogP) is 3.15. The highest BCUT2D eigenvalue weighted by Crippen LogP contribution is 2.37. The first-order valence-corrected chi connectivity index (χ1v) is 7.15. The van der Waals surface area contributed by atoms with E-state index in [0.717, 1.165) is 6.42 Å². The number of amides is 1. The lowest BCUT2D eigenvalue weighted by molar-refractivity contribution is -0.122. The molecule has 2 rings (SSSR count). The monoisotopic (exact) mass is 261 g/mol. The van der Waals surface area contributed by atoms with E-state index < -0.39 is 0 Å². The first-order valence-electron chi connectivity index (χ1n) is 6.27. The molecular formula is C15H19NOS. The second-order valence-corrected chi connectivity index (χ2v) is 6.23. The van der Waals surface area contributed by atoms with Crippen LogP contribution < -0.4 is 5.73 Å². The standard InChI is InChI=1S/C15H19NOS/c1-10-6-8-12(9-7-10)18-13-5-3-4-11(2)14(13)15(16)17/h3-4,6-9,11,13-14H,5H2,1-2H3,(H2,16,17)/t11-,13+,14-/m1/s1. The zero-order valence-corrected chi connectivity index (χ0v) is 11.6. The Labute approximate surface area is 113 Å². The third-order valence-electron chi connectivity index (χ3n) is 3.41. The molecule has 0 saturated carbocycles. The van der Waals surface area contributed by atoms with Crippen LogP contribution in [-0.2, 0) is 4.79 Å². The Morgan fingerprint density at radius 2 is 2.00 bits per heavy atom. The maximum absolute atomic E-state index is 11.6. The fraction of sp³-hybridized carbons (Fsp3) is 0.400. The Hall–Kier alpha value is -1.22. The highest BCUT2D eigenvalue weighted by atomic mass is 32.2. The molecule has 0 saturated heterocycles. The molecule has 0 bridgehead atoms. The number of benzene rings is 1. The van der Waals surface area contributed by atoms with Gasteiger partial charge in [0.2, 0.25) is 5.91 Å². The van der Waals surface area contributed by atoms with Gasteiger partial charge in [0.1, 0.15) is 0 Å². The van der Waals surface area contributed by atoms with Gasteiger partial charge in [0, 0.05) is 10.1 Å². The van der Waals surface area contributed by atoms with E-state index in [-0.39, 0.29) is 23.0 Å². The van der Waals surface area contributed by atoms with Crippen molar-refractivity contribution in [2.45, 2.75) is 30.4 Å². The van der Waals surface area contributed by atoms with Crippen molar-refractivity contribution in [2.24, 2.45) is 17.6 Å². The maximum Gasteiger partial charge on any atom is 0.222 e. The average molecular weight is 261 g/mol. The molecule has 2 nitrogen and oxygen atoms in total. The summed E-state index contributed by atoms with van der Waals surface area (Å²) in [4.78, 5) is 12.8. The van der Waals surface area contributed by atoms with E-state index in [9.17, 15) is 4.79 Å². The Balaban J connectivity index is 2.14. The van der Waals surface area contributed by atoms with Crippen LogP contribution in [0.2, 0.25) is 0 Å². The van der Waals surface area contributed by atoms with E-state index >= 15 is 0 Å². The van der Waals surface area contributed by atoms with E-state index in [4.69, 9.17) is 5.73 Å². The summed E-state index contributed by atoms with van der Waals surface area (Å²) in [7, 11) is 0. The largest absolute Gasteiger partial charge is 0.369 e. The molecule has 1 amide bonds. The van der Waals surface area contributed by atoms with Crippen molar-refractivity contribution >= 4 is 17.7 Å². The van der Waals surface area contributed by atoms with Gasteiger partial charge in [-0.2, -0.15) is 0 Å². The van der Waals surface area contributed by atoms with Crippen molar-refractivity contribution < 1.29 is 4.79 Å². The fourth-order valence-corrected chi connectivity index (χ4v) is 3.77. The van der Waals surface area contributed by atoms with Crippen LogP contribution in [0.1, 0.15) is 18.9 Å². The Morgan fingerprint density at radius 3 is 2.61 bits per heavy atom. The molecule has 0 aliphatic heterocycles. The molecule has 96 valence electrons. The van der Waals surface area contributed by atoms with Crippen LogP contribution in [0.15, 0.2) is 41.3 Å². The van der Waals surface area contributed by atoms with Crippen LogP contribution in [0.4, 0.5) is 0 Å². The van der Waals surface area contributed by atoms with E-state index in [0.29, 0.717) is 0 Å². The molecule has 0 fully saturated rings. The third kappa shape index (κ3) is 2.96. The fourth-order valence-electron chi connectivity index (χ4n) is 2.39. The molecule has 1 aromatic rings. The number of hydrogen-bond acceptors (Lipinski definition) is 2. The summed E-state index contributed by atoms with van der Waals surface area (Å²) in [5, 5.41) is 0.255. The van der Waals surface area contributed by atoms with E-state index in [1.54, 1.807) is 11.8 Å². The second-order valence-electron chi connectivity index (χ2n) is 4.92. The topological polar surface area (TPSA) is 43.1 Å². The third-order valence-corrected chi connectivity index (χ3v) is 4.74. The normalized spacial score (nSPS) is 27.1. The highest BCUT2D eigenvalue weighted by Gasteiger charge is 2.32. The number of allylic oxidation sites excluding steroid dienone is 2. The molecule has 0 unspecified atom stereocenters. The average Bonchev–Trinajstić information content (AvgIpc) is 2.32. The Morgan fingerprint density at radius 1 is 1.33 bits per heavy atom. The molecule has 0 heterocycles. The summed E-state index contributed by atoms with van der Waals surface area (Å²) in [6.07, 6.45) is 5.17. The smallest absolute Gasteiger partial charge is 0.222 e. The van der Waals surface area contributed by atoms with Crippen molar-refractivity contribution in [3.63, 3.8) is 0 Å². The first-order chi connectivity index (χ1) is 8.58. The molecule has 1 aliphatic carbocycles. The number of nitrogens with two attached hydrogens (primary N) is 1. The van der Waals surface area contributed by atoms with Crippen LogP contribution >= 0.6 is 11.8 Å². The van der Waals surface area contributed by atoms with E-state index in [2.05, 4.69) is 50.3 Å². The second kappa shape index (κ2) is 5.61. The molecule has 0 aromatic heterocycles. The van der Waals surface area contributed by atoms with Crippen molar-refractivity contribution in [2.75, 3.05) is 0 Å². The van der Waals surface area contributed by atoms with Gasteiger partial charge >= 0.3 is 0 Å². The zero-order chi connectivity index (χ0) is 13.1. The van der Waals surface area contributed by atoms with Crippen molar-refractivity contribution in [1.82, 2.24) is 0 Å².